The maximum atomic E-state index is 12.5. The van der Waals surface area contributed by atoms with Crippen LogP contribution in [0.4, 0.5) is 21.0 Å². The summed E-state index contributed by atoms with van der Waals surface area (Å²) in [7, 11) is 1.52. The van der Waals surface area contributed by atoms with Gasteiger partial charge in [0.25, 0.3) is 0 Å². The zero-order valence-electron chi connectivity index (χ0n) is 19.0. The molecule has 4 N–H and O–H groups in total. The van der Waals surface area contributed by atoms with Gasteiger partial charge in [0.05, 0.1) is 31.5 Å². The van der Waals surface area contributed by atoms with E-state index in [1.807, 2.05) is 6.07 Å². The Bertz CT molecular complexity index is 1180. The summed E-state index contributed by atoms with van der Waals surface area (Å²) in [4.78, 5) is 28.3. The fourth-order valence-electron chi connectivity index (χ4n) is 3.15. The van der Waals surface area contributed by atoms with Crippen molar-refractivity contribution >= 4 is 23.5 Å². The Labute approximate surface area is 201 Å². The molecule has 35 heavy (non-hydrogen) atoms. The first-order chi connectivity index (χ1) is 17.0. The van der Waals surface area contributed by atoms with Gasteiger partial charge in [-0.1, -0.05) is 12.1 Å². The van der Waals surface area contributed by atoms with Gasteiger partial charge in [0.15, 0.2) is 12.2 Å². The number of carbonyl (C=O) groups excluding carboxylic acids is 2. The Hall–Kier alpha value is -4.56. The monoisotopic (exact) mass is 479 g/mol. The zero-order valence-corrected chi connectivity index (χ0v) is 19.0. The highest BCUT2D eigenvalue weighted by Gasteiger charge is 2.14. The molecule has 3 aromatic rings. The quantitative estimate of drug-likeness (QED) is 0.341. The van der Waals surface area contributed by atoms with Gasteiger partial charge in [0.2, 0.25) is 0 Å². The average Bonchev–Trinajstić information content (AvgIpc) is 3.40. The SMILES string of the molecule is COc1cc(NC(=O)Nc2cccc(CNC(=O)O[C@@H](CO)CCC#N)c2)ccc1-c1cnco1. The number of ether oxygens (including phenoxy) is 2. The van der Waals surface area contributed by atoms with Gasteiger partial charge in [-0.25, -0.2) is 14.6 Å². The van der Waals surface area contributed by atoms with Gasteiger partial charge in [0.1, 0.15) is 11.9 Å². The summed E-state index contributed by atoms with van der Waals surface area (Å²) in [5.41, 5.74) is 2.45. The Kier molecular flexibility index (Phi) is 9.04. The van der Waals surface area contributed by atoms with Gasteiger partial charge < -0.3 is 34.9 Å². The Morgan fingerprint density at radius 1 is 1.20 bits per heavy atom. The van der Waals surface area contributed by atoms with Crippen LogP contribution in [0.15, 0.2) is 59.5 Å². The molecule has 0 fully saturated rings. The minimum absolute atomic E-state index is 0.146. The third-order valence-electron chi connectivity index (χ3n) is 4.83. The van der Waals surface area contributed by atoms with Crippen molar-refractivity contribution < 1.29 is 28.6 Å². The van der Waals surface area contributed by atoms with Crippen molar-refractivity contribution in [1.82, 2.24) is 10.3 Å². The Morgan fingerprint density at radius 2 is 2.00 bits per heavy atom. The molecule has 0 aliphatic carbocycles. The van der Waals surface area contributed by atoms with E-state index in [1.54, 1.807) is 48.7 Å². The first kappa shape index (κ1) is 25.1. The van der Waals surface area contributed by atoms with Crippen LogP contribution >= 0.6 is 0 Å². The lowest BCUT2D eigenvalue weighted by Gasteiger charge is -2.15. The van der Waals surface area contributed by atoms with Crippen molar-refractivity contribution in [3.8, 4) is 23.1 Å². The minimum atomic E-state index is -0.741. The molecule has 11 nitrogen and oxygen atoms in total. The van der Waals surface area contributed by atoms with Gasteiger partial charge in [-0.15, -0.1) is 0 Å². The molecule has 0 unspecified atom stereocenters. The Morgan fingerprint density at radius 3 is 2.69 bits per heavy atom. The molecule has 1 heterocycles. The molecular formula is C24H25N5O6. The van der Waals surface area contributed by atoms with E-state index in [2.05, 4.69) is 20.9 Å². The molecule has 1 atom stereocenters. The number of methoxy groups -OCH3 is 1. The van der Waals surface area contributed by atoms with E-state index in [0.29, 0.717) is 28.4 Å². The molecule has 0 saturated carbocycles. The van der Waals surface area contributed by atoms with E-state index >= 15 is 0 Å². The van der Waals surface area contributed by atoms with E-state index in [0.717, 1.165) is 5.56 Å². The largest absolute Gasteiger partial charge is 0.496 e. The van der Waals surface area contributed by atoms with Crippen molar-refractivity contribution in [2.75, 3.05) is 24.4 Å². The lowest BCUT2D eigenvalue weighted by atomic mass is 10.1. The number of hydrogen-bond acceptors (Lipinski definition) is 8. The second-order valence-electron chi connectivity index (χ2n) is 7.32. The van der Waals surface area contributed by atoms with E-state index < -0.39 is 18.2 Å². The first-order valence-electron chi connectivity index (χ1n) is 10.7. The smallest absolute Gasteiger partial charge is 0.407 e. The predicted molar refractivity (Wildman–Crippen MR) is 127 cm³/mol. The second-order valence-corrected chi connectivity index (χ2v) is 7.32. The number of nitrogens with one attached hydrogen (secondary N) is 3. The highest BCUT2D eigenvalue weighted by molar-refractivity contribution is 6.00. The van der Waals surface area contributed by atoms with Crippen LogP contribution in [0.1, 0.15) is 18.4 Å². The van der Waals surface area contributed by atoms with Crippen molar-refractivity contribution in [2.45, 2.75) is 25.5 Å². The van der Waals surface area contributed by atoms with Gasteiger partial charge in [-0.05, 0) is 36.2 Å². The molecule has 3 rings (SSSR count). The van der Waals surface area contributed by atoms with Crippen LogP contribution in [0.5, 0.6) is 5.75 Å². The highest BCUT2D eigenvalue weighted by Crippen LogP contribution is 2.32. The number of alkyl carbamates (subject to hydrolysis) is 1. The van der Waals surface area contributed by atoms with Crippen LogP contribution in [0.3, 0.4) is 0 Å². The number of aliphatic hydroxyl groups is 1. The third-order valence-corrected chi connectivity index (χ3v) is 4.83. The summed E-state index contributed by atoms with van der Waals surface area (Å²) in [6.07, 6.45) is 1.87. The molecule has 2 aromatic carbocycles. The normalized spacial score (nSPS) is 11.1. The molecule has 1 aromatic heterocycles. The van der Waals surface area contributed by atoms with Crippen LogP contribution in [-0.2, 0) is 11.3 Å². The number of benzene rings is 2. The molecular weight excluding hydrogens is 454 g/mol. The number of nitriles is 1. The van der Waals surface area contributed by atoms with Crippen LogP contribution < -0.4 is 20.7 Å². The molecule has 3 amide bonds. The zero-order chi connectivity index (χ0) is 25.0. The van der Waals surface area contributed by atoms with E-state index in [4.69, 9.17) is 19.2 Å². The van der Waals surface area contributed by atoms with Gasteiger partial charge in [-0.2, -0.15) is 5.26 Å². The van der Waals surface area contributed by atoms with Gasteiger partial charge in [0, 0.05) is 30.4 Å². The van der Waals surface area contributed by atoms with Crippen LogP contribution in [0, 0.1) is 11.3 Å². The number of urea groups is 1. The number of oxazole rings is 1. The predicted octanol–water partition coefficient (Wildman–Crippen LogP) is 3.89. The lowest BCUT2D eigenvalue weighted by molar-refractivity contribution is 0.0533. The summed E-state index contributed by atoms with van der Waals surface area (Å²) < 4.78 is 15.8. The molecule has 0 bridgehead atoms. The maximum Gasteiger partial charge on any atom is 0.407 e. The maximum absolute atomic E-state index is 12.5. The van der Waals surface area contributed by atoms with Crippen LogP contribution in [0.25, 0.3) is 11.3 Å². The average molecular weight is 479 g/mol. The highest BCUT2D eigenvalue weighted by atomic mass is 16.6. The molecule has 182 valence electrons. The lowest BCUT2D eigenvalue weighted by Crippen LogP contribution is -2.30. The topological polar surface area (TPSA) is 159 Å². The van der Waals surface area contributed by atoms with Crippen molar-refractivity contribution in [1.29, 1.82) is 5.26 Å². The van der Waals surface area contributed by atoms with Crippen LogP contribution in [0.2, 0.25) is 0 Å². The Balaban J connectivity index is 1.54. The fraction of sp³-hybridized carbons (Fsp3) is 0.250. The number of rotatable bonds is 10. The van der Waals surface area contributed by atoms with E-state index in [9.17, 15) is 14.7 Å². The summed E-state index contributed by atoms with van der Waals surface area (Å²) in [6, 6.07) is 13.5. The number of anilines is 2. The molecule has 0 aliphatic heterocycles. The van der Waals surface area contributed by atoms with Crippen LogP contribution in [-0.4, -0.2) is 42.0 Å². The second kappa shape index (κ2) is 12.6. The molecule has 0 saturated heterocycles. The standard InChI is InChI=1S/C24H25N5O6/c1-33-21-11-18(7-8-20(21)22-13-26-15-34-22)29-23(31)28-17-5-2-4-16(10-17)12-27-24(32)35-19(14-30)6-3-9-25/h2,4-5,7-8,10-11,13,15,19,30H,3,6,12,14H2,1H3,(H,27,32)(H2,28,29,31)/t19-/m1/s1. The van der Waals surface area contributed by atoms with E-state index in [-0.39, 0.29) is 26.0 Å². The number of amides is 3. The number of aromatic nitrogens is 1. The number of hydrogen-bond donors (Lipinski definition) is 4. The first-order valence-corrected chi connectivity index (χ1v) is 10.7. The molecule has 0 aliphatic rings. The molecule has 0 spiro atoms. The number of nitrogens with zero attached hydrogens (tertiary/aromatic N) is 2. The minimum Gasteiger partial charge on any atom is -0.496 e. The fourth-order valence-corrected chi connectivity index (χ4v) is 3.15. The summed E-state index contributed by atoms with van der Waals surface area (Å²) >= 11 is 0. The number of carbonyl (C=O) groups is 2. The molecule has 11 heteroatoms. The summed E-state index contributed by atoms with van der Waals surface area (Å²) in [6.45, 7) is -0.217. The number of aliphatic hydroxyl groups excluding tert-OH is 1. The third kappa shape index (κ3) is 7.48. The summed E-state index contributed by atoms with van der Waals surface area (Å²) in [5.74, 6) is 1.05. The van der Waals surface area contributed by atoms with Gasteiger partial charge >= 0.3 is 12.1 Å². The summed E-state index contributed by atoms with van der Waals surface area (Å²) in [5, 5.41) is 25.9. The van der Waals surface area contributed by atoms with Crippen molar-refractivity contribution in [3.63, 3.8) is 0 Å². The van der Waals surface area contributed by atoms with Gasteiger partial charge in [-0.3, -0.25) is 0 Å². The molecule has 0 radical (unpaired) electrons. The van der Waals surface area contributed by atoms with Crippen molar-refractivity contribution in [2.24, 2.45) is 0 Å². The van der Waals surface area contributed by atoms with E-state index in [1.165, 1.54) is 13.5 Å². The van der Waals surface area contributed by atoms with Crippen molar-refractivity contribution in [3.05, 3.63) is 60.6 Å².